The molecule has 0 radical (unpaired) electrons. The fourth-order valence-corrected chi connectivity index (χ4v) is 4.83. The Balaban J connectivity index is 1.76. The first kappa shape index (κ1) is 21.4. The van der Waals surface area contributed by atoms with Gasteiger partial charge in [0.15, 0.2) is 0 Å². The molecule has 3 aromatic rings. The number of anilines is 2. The lowest BCUT2D eigenvalue weighted by Gasteiger charge is -2.26. The molecule has 0 atom stereocenters. The number of amides is 1. The number of aromatic nitrogens is 1. The third kappa shape index (κ3) is 4.60. The first-order valence-corrected chi connectivity index (χ1v) is 12.3. The summed E-state index contributed by atoms with van der Waals surface area (Å²) in [6.45, 7) is 1.37. The second-order valence-corrected chi connectivity index (χ2v) is 9.80. The summed E-state index contributed by atoms with van der Waals surface area (Å²) in [6.07, 6.45) is 0. The number of para-hydroxylation sites is 1. The molecule has 2 heterocycles. The van der Waals surface area contributed by atoms with Gasteiger partial charge in [0.25, 0.3) is 5.91 Å². The number of benzene rings is 2. The van der Waals surface area contributed by atoms with E-state index >= 15 is 0 Å². The Morgan fingerprint density at radius 1 is 1.16 bits per heavy atom. The summed E-state index contributed by atoms with van der Waals surface area (Å²) in [5.74, 6) is 2.25. The van der Waals surface area contributed by atoms with Crippen molar-refractivity contribution in [3.63, 3.8) is 0 Å². The average molecular weight is 459 g/mol. The van der Waals surface area contributed by atoms with E-state index in [9.17, 15) is 13.2 Å². The van der Waals surface area contributed by atoms with Gasteiger partial charge in [0.1, 0.15) is 17.0 Å². The molecular weight excluding hydrogens is 436 g/mol. The molecule has 1 aromatic heterocycles. The van der Waals surface area contributed by atoms with Crippen LogP contribution in [0.4, 0.5) is 11.4 Å². The molecule has 8 nitrogen and oxygen atoms in total. The van der Waals surface area contributed by atoms with Gasteiger partial charge in [0, 0.05) is 35.7 Å². The standard InChI is InChI=1S/C21H22N4O4S2/c1-29-19-4-2-3-16-17(23-14-5-7-15(8-6-14)31(22,27)28)13-18(24-20(16)19)21(26)25-9-11-30-12-10-25/h2-8,13H,9-12H2,1H3,(H,23,24)(H2,22,27,28). The van der Waals surface area contributed by atoms with Gasteiger partial charge >= 0.3 is 0 Å². The number of sulfonamides is 1. The zero-order valence-electron chi connectivity index (χ0n) is 16.9. The molecule has 0 unspecified atom stereocenters. The van der Waals surface area contributed by atoms with E-state index in [4.69, 9.17) is 9.88 Å². The van der Waals surface area contributed by atoms with Crippen LogP contribution < -0.4 is 15.2 Å². The minimum atomic E-state index is -3.77. The van der Waals surface area contributed by atoms with Crippen molar-refractivity contribution in [3.8, 4) is 5.75 Å². The summed E-state index contributed by atoms with van der Waals surface area (Å²) in [6, 6.07) is 13.4. The highest BCUT2D eigenvalue weighted by molar-refractivity contribution is 7.99. The average Bonchev–Trinajstić information content (AvgIpc) is 2.78. The largest absolute Gasteiger partial charge is 0.494 e. The van der Waals surface area contributed by atoms with Crippen molar-refractivity contribution in [2.24, 2.45) is 5.14 Å². The van der Waals surface area contributed by atoms with Crippen molar-refractivity contribution >= 4 is 50.0 Å². The highest BCUT2D eigenvalue weighted by atomic mass is 32.2. The van der Waals surface area contributed by atoms with E-state index in [2.05, 4.69) is 10.3 Å². The maximum Gasteiger partial charge on any atom is 0.272 e. The molecule has 31 heavy (non-hydrogen) atoms. The van der Waals surface area contributed by atoms with Gasteiger partial charge in [0.2, 0.25) is 10.0 Å². The van der Waals surface area contributed by atoms with Gasteiger partial charge in [-0.1, -0.05) is 12.1 Å². The summed E-state index contributed by atoms with van der Waals surface area (Å²) in [7, 11) is -2.21. The minimum absolute atomic E-state index is 0.0261. The van der Waals surface area contributed by atoms with Gasteiger partial charge in [-0.05, 0) is 36.4 Å². The molecule has 1 aliphatic rings. The molecule has 4 rings (SSSR count). The number of nitrogens with zero attached hydrogens (tertiary/aromatic N) is 2. The van der Waals surface area contributed by atoms with Crippen LogP contribution in [0.5, 0.6) is 5.75 Å². The fraction of sp³-hybridized carbons (Fsp3) is 0.238. The summed E-state index contributed by atoms with van der Waals surface area (Å²) in [4.78, 5) is 19.6. The Labute approximate surface area is 184 Å². The third-order valence-electron chi connectivity index (χ3n) is 5.00. The van der Waals surface area contributed by atoms with Crippen molar-refractivity contribution in [3.05, 3.63) is 54.2 Å². The number of nitrogens with two attached hydrogens (primary N) is 1. The van der Waals surface area contributed by atoms with E-state index < -0.39 is 10.0 Å². The number of pyridine rings is 1. The van der Waals surface area contributed by atoms with E-state index in [1.165, 1.54) is 12.1 Å². The first-order chi connectivity index (χ1) is 14.9. The molecular formula is C21H22N4O4S2. The molecule has 10 heteroatoms. The zero-order valence-corrected chi connectivity index (χ0v) is 18.5. The van der Waals surface area contributed by atoms with Crippen LogP contribution in [0.3, 0.4) is 0 Å². The number of rotatable bonds is 5. The number of hydrogen-bond acceptors (Lipinski definition) is 7. The van der Waals surface area contributed by atoms with Crippen LogP contribution in [0.25, 0.3) is 10.9 Å². The summed E-state index contributed by atoms with van der Waals surface area (Å²) in [5.41, 5.74) is 2.22. The van der Waals surface area contributed by atoms with Crippen LogP contribution >= 0.6 is 11.8 Å². The lowest BCUT2D eigenvalue weighted by molar-refractivity contribution is 0.0767. The maximum atomic E-state index is 13.1. The summed E-state index contributed by atoms with van der Waals surface area (Å²) < 4.78 is 28.5. The van der Waals surface area contributed by atoms with E-state index in [-0.39, 0.29) is 10.8 Å². The molecule has 1 amide bonds. The smallest absolute Gasteiger partial charge is 0.272 e. The highest BCUT2D eigenvalue weighted by Crippen LogP contribution is 2.32. The van der Waals surface area contributed by atoms with Crippen molar-refractivity contribution in [2.45, 2.75) is 4.90 Å². The number of hydrogen-bond donors (Lipinski definition) is 2. The Morgan fingerprint density at radius 2 is 1.87 bits per heavy atom. The van der Waals surface area contributed by atoms with Gasteiger partial charge in [-0.15, -0.1) is 0 Å². The van der Waals surface area contributed by atoms with E-state index in [0.717, 1.165) is 16.9 Å². The quantitative estimate of drug-likeness (QED) is 0.604. The zero-order chi connectivity index (χ0) is 22.0. The molecule has 162 valence electrons. The monoisotopic (exact) mass is 458 g/mol. The number of thioether (sulfide) groups is 1. The highest BCUT2D eigenvalue weighted by Gasteiger charge is 2.22. The molecule has 1 fully saturated rings. The van der Waals surface area contributed by atoms with Gasteiger partial charge in [-0.3, -0.25) is 4.79 Å². The molecule has 3 N–H and O–H groups in total. The Hall–Kier alpha value is -2.82. The minimum Gasteiger partial charge on any atom is -0.494 e. The van der Waals surface area contributed by atoms with Gasteiger partial charge < -0.3 is 15.0 Å². The van der Waals surface area contributed by atoms with Crippen molar-refractivity contribution in [1.82, 2.24) is 9.88 Å². The number of methoxy groups -OCH3 is 1. The van der Waals surface area contributed by atoms with E-state index in [0.29, 0.717) is 41.4 Å². The number of ether oxygens (including phenoxy) is 1. The van der Waals surface area contributed by atoms with Crippen LogP contribution in [0.1, 0.15) is 10.5 Å². The van der Waals surface area contributed by atoms with Crippen LogP contribution in [-0.4, -0.2) is 55.9 Å². The second-order valence-electron chi connectivity index (χ2n) is 7.01. The van der Waals surface area contributed by atoms with Crippen molar-refractivity contribution < 1.29 is 17.9 Å². The van der Waals surface area contributed by atoms with Crippen molar-refractivity contribution in [2.75, 3.05) is 37.0 Å². The first-order valence-electron chi connectivity index (χ1n) is 9.61. The molecule has 0 spiro atoms. The predicted octanol–water partition coefficient (Wildman–Crippen LogP) is 2.82. The Morgan fingerprint density at radius 3 is 2.52 bits per heavy atom. The summed E-state index contributed by atoms with van der Waals surface area (Å²) in [5, 5.41) is 9.22. The van der Waals surface area contributed by atoms with Crippen LogP contribution in [0.15, 0.2) is 53.4 Å². The number of carbonyl (C=O) groups excluding carboxylic acids is 1. The fourth-order valence-electron chi connectivity index (χ4n) is 3.41. The lowest BCUT2D eigenvalue weighted by Crippen LogP contribution is -2.38. The second kappa shape index (κ2) is 8.74. The maximum absolute atomic E-state index is 13.1. The van der Waals surface area contributed by atoms with Gasteiger partial charge in [-0.25, -0.2) is 18.5 Å². The lowest BCUT2D eigenvalue weighted by atomic mass is 10.1. The van der Waals surface area contributed by atoms with Crippen molar-refractivity contribution in [1.29, 1.82) is 0 Å². The number of carbonyl (C=O) groups is 1. The third-order valence-corrected chi connectivity index (χ3v) is 6.87. The Kier molecular flexibility index (Phi) is 6.03. The molecule has 0 bridgehead atoms. The van der Waals surface area contributed by atoms with Crippen LogP contribution in [0, 0.1) is 0 Å². The van der Waals surface area contributed by atoms with E-state index in [1.54, 1.807) is 31.4 Å². The Bertz CT molecular complexity index is 1220. The van der Waals surface area contributed by atoms with Crippen LogP contribution in [-0.2, 0) is 10.0 Å². The number of nitrogens with one attached hydrogen (secondary N) is 1. The number of primary sulfonamides is 1. The predicted molar refractivity (Wildman–Crippen MR) is 123 cm³/mol. The SMILES string of the molecule is COc1cccc2c(Nc3ccc(S(N)(=O)=O)cc3)cc(C(=O)N3CCSCC3)nc12. The summed E-state index contributed by atoms with van der Waals surface area (Å²) >= 11 is 1.83. The molecule has 2 aromatic carbocycles. The molecule has 0 saturated carbocycles. The van der Waals surface area contributed by atoms with Crippen LogP contribution in [0.2, 0.25) is 0 Å². The topological polar surface area (TPSA) is 115 Å². The molecule has 1 aliphatic heterocycles. The molecule has 1 saturated heterocycles. The van der Waals surface area contributed by atoms with E-state index in [1.807, 2.05) is 28.8 Å². The normalized spacial score (nSPS) is 14.5. The number of fused-ring (bicyclic) bond motifs is 1. The molecule has 0 aliphatic carbocycles. The van der Waals surface area contributed by atoms with Gasteiger partial charge in [-0.2, -0.15) is 11.8 Å². The van der Waals surface area contributed by atoms with Gasteiger partial charge in [0.05, 0.1) is 17.7 Å².